The summed E-state index contributed by atoms with van der Waals surface area (Å²) in [6.07, 6.45) is 1.53. The maximum Gasteiger partial charge on any atom is 0.287 e. The van der Waals surface area contributed by atoms with Gasteiger partial charge in [-0.05, 0) is 49.5 Å². The molecule has 0 bridgehead atoms. The highest BCUT2D eigenvalue weighted by Crippen LogP contribution is 2.20. The summed E-state index contributed by atoms with van der Waals surface area (Å²) >= 11 is 1.66. The van der Waals surface area contributed by atoms with Crippen LogP contribution in [-0.4, -0.2) is 31.4 Å². The number of furan rings is 1. The van der Waals surface area contributed by atoms with Crippen LogP contribution in [0.4, 0.5) is 0 Å². The molecule has 0 saturated carbocycles. The Morgan fingerprint density at radius 2 is 2.26 bits per heavy atom. The third-order valence-corrected chi connectivity index (χ3v) is 3.78. The van der Waals surface area contributed by atoms with Crippen molar-refractivity contribution in [3.05, 3.63) is 46.0 Å². The van der Waals surface area contributed by atoms with Gasteiger partial charge in [0, 0.05) is 12.1 Å². The molecule has 1 unspecified atom stereocenters. The van der Waals surface area contributed by atoms with Gasteiger partial charge in [0.2, 0.25) is 0 Å². The van der Waals surface area contributed by atoms with Crippen LogP contribution >= 0.6 is 11.3 Å². The van der Waals surface area contributed by atoms with Crippen LogP contribution in [-0.2, 0) is 0 Å². The van der Waals surface area contributed by atoms with Gasteiger partial charge in [-0.25, -0.2) is 0 Å². The molecular weight excluding hydrogens is 260 g/mol. The van der Waals surface area contributed by atoms with Gasteiger partial charge in [0.1, 0.15) is 0 Å². The molecule has 19 heavy (non-hydrogen) atoms. The van der Waals surface area contributed by atoms with E-state index in [0.29, 0.717) is 12.3 Å². The first-order valence-electron chi connectivity index (χ1n) is 6.10. The Kier molecular flexibility index (Phi) is 4.39. The van der Waals surface area contributed by atoms with E-state index in [1.54, 1.807) is 17.4 Å². The van der Waals surface area contributed by atoms with Crippen molar-refractivity contribution in [3.8, 4) is 0 Å². The Bertz CT molecular complexity index is 531. The Hall–Kier alpha value is -1.59. The Morgan fingerprint density at radius 1 is 1.47 bits per heavy atom. The normalized spacial score (nSPS) is 12.6. The van der Waals surface area contributed by atoms with Gasteiger partial charge in [-0.1, -0.05) is 0 Å². The molecule has 0 saturated heterocycles. The van der Waals surface area contributed by atoms with E-state index in [2.05, 4.69) is 21.7 Å². The molecule has 0 aromatic carbocycles. The number of thiophene rings is 1. The molecule has 2 rings (SSSR count). The zero-order valence-electron chi connectivity index (χ0n) is 11.3. The SMILES string of the molecule is Cc1ccoc1C(=O)NCC(c1ccsc1)N(C)C. The van der Waals surface area contributed by atoms with E-state index < -0.39 is 0 Å². The molecule has 0 fully saturated rings. The summed E-state index contributed by atoms with van der Waals surface area (Å²) in [5, 5.41) is 7.08. The number of nitrogens with one attached hydrogen (secondary N) is 1. The maximum absolute atomic E-state index is 12.0. The number of carbonyl (C=O) groups excluding carboxylic acids is 1. The van der Waals surface area contributed by atoms with E-state index in [4.69, 9.17) is 4.42 Å². The summed E-state index contributed by atoms with van der Waals surface area (Å²) in [5.41, 5.74) is 2.07. The van der Waals surface area contributed by atoms with Crippen LogP contribution in [0.15, 0.2) is 33.6 Å². The number of aryl methyl sites for hydroxylation is 1. The lowest BCUT2D eigenvalue weighted by Gasteiger charge is -2.23. The number of hydrogen-bond acceptors (Lipinski definition) is 4. The fraction of sp³-hybridized carbons (Fsp3) is 0.357. The smallest absolute Gasteiger partial charge is 0.287 e. The minimum atomic E-state index is -0.162. The largest absolute Gasteiger partial charge is 0.459 e. The Labute approximate surface area is 117 Å². The topological polar surface area (TPSA) is 45.5 Å². The van der Waals surface area contributed by atoms with E-state index in [-0.39, 0.29) is 11.9 Å². The molecule has 5 heteroatoms. The number of carbonyl (C=O) groups is 1. The van der Waals surface area contributed by atoms with Crippen LogP contribution in [0.1, 0.15) is 27.7 Å². The van der Waals surface area contributed by atoms with Crippen LogP contribution in [0, 0.1) is 6.92 Å². The Morgan fingerprint density at radius 3 is 2.79 bits per heavy atom. The van der Waals surface area contributed by atoms with E-state index in [9.17, 15) is 4.79 Å². The lowest BCUT2D eigenvalue weighted by atomic mass is 10.1. The molecule has 1 atom stereocenters. The fourth-order valence-electron chi connectivity index (χ4n) is 1.94. The lowest BCUT2D eigenvalue weighted by molar-refractivity contribution is 0.0913. The summed E-state index contributed by atoms with van der Waals surface area (Å²) in [6, 6.07) is 4.04. The van der Waals surface area contributed by atoms with E-state index in [1.165, 1.54) is 11.8 Å². The average Bonchev–Trinajstić information content (AvgIpc) is 3.00. The molecule has 0 aliphatic carbocycles. The van der Waals surface area contributed by atoms with Gasteiger partial charge in [0.15, 0.2) is 5.76 Å². The fourth-order valence-corrected chi connectivity index (χ4v) is 2.65. The molecule has 1 amide bonds. The number of rotatable bonds is 5. The summed E-state index contributed by atoms with van der Waals surface area (Å²) in [4.78, 5) is 14.1. The van der Waals surface area contributed by atoms with Crippen LogP contribution < -0.4 is 5.32 Å². The second-order valence-electron chi connectivity index (χ2n) is 4.68. The van der Waals surface area contributed by atoms with Crippen molar-refractivity contribution in [2.75, 3.05) is 20.6 Å². The van der Waals surface area contributed by atoms with E-state index >= 15 is 0 Å². The van der Waals surface area contributed by atoms with Crippen LogP contribution in [0.2, 0.25) is 0 Å². The second-order valence-corrected chi connectivity index (χ2v) is 5.46. The third kappa shape index (κ3) is 3.24. The molecule has 0 spiro atoms. The molecule has 0 aliphatic rings. The van der Waals surface area contributed by atoms with Crippen molar-refractivity contribution in [1.29, 1.82) is 0 Å². The van der Waals surface area contributed by atoms with Crippen LogP contribution in [0.3, 0.4) is 0 Å². The predicted molar refractivity (Wildman–Crippen MR) is 76.5 cm³/mol. The second kappa shape index (κ2) is 6.04. The van der Waals surface area contributed by atoms with Gasteiger partial charge in [-0.2, -0.15) is 11.3 Å². The minimum Gasteiger partial charge on any atom is -0.459 e. The molecule has 102 valence electrons. The summed E-state index contributed by atoms with van der Waals surface area (Å²) in [6.45, 7) is 2.42. The zero-order chi connectivity index (χ0) is 13.8. The van der Waals surface area contributed by atoms with Gasteiger partial charge in [-0.3, -0.25) is 4.79 Å². The quantitative estimate of drug-likeness (QED) is 0.914. The molecule has 4 nitrogen and oxygen atoms in total. The first-order chi connectivity index (χ1) is 9.09. The Balaban J connectivity index is 2.00. The molecule has 0 aliphatic heterocycles. The molecule has 2 aromatic heterocycles. The minimum absolute atomic E-state index is 0.162. The van der Waals surface area contributed by atoms with Crippen molar-refractivity contribution >= 4 is 17.2 Å². The van der Waals surface area contributed by atoms with Gasteiger partial charge in [0.25, 0.3) is 5.91 Å². The zero-order valence-corrected chi connectivity index (χ0v) is 12.2. The summed E-state index contributed by atoms with van der Waals surface area (Å²) in [5.74, 6) is 0.229. The lowest BCUT2D eigenvalue weighted by Crippen LogP contribution is -2.34. The van der Waals surface area contributed by atoms with Crippen molar-refractivity contribution in [2.24, 2.45) is 0 Å². The van der Waals surface area contributed by atoms with Gasteiger partial charge < -0.3 is 14.6 Å². The van der Waals surface area contributed by atoms with Crippen molar-refractivity contribution in [1.82, 2.24) is 10.2 Å². The van der Waals surface area contributed by atoms with Crippen molar-refractivity contribution in [3.63, 3.8) is 0 Å². The number of nitrogens with zero attached hydrogens (tertiary/aromatic N) is 1. The van der Waals surface area contributed by atoms with Crippen molar-refractivity contribution in [2.45, 2.75) is 13.0 Å². The molecule has 2 heterocycles. The van der Waals surface area contributed by atoms with E-state index in [0.717, 1.165) is 5.56 Å². The number of hydrogen-bond donors (Lipinski definition) is 1. The highest BCUT2D eigenvalue weighted by Gasteiger charge is 2.18. The van der Waals surface area contributed by atoms with Gasteiger partial charge in [-0.15, -0.1) is 0 Å². The first kappa shape index (κ1) is 13.8. The van der Waals surface area contributed by atoms with Crippen LogP contribution in [0.25, 0.3) is 0 Å². The molecule has 2 aromatic rings. The van der Waals surface area contributed by atoms with Crippen molar-refractivity contribution < 1.29 is 9.21 Å². The van der Waals surface area contributed by atoms with Gasteiger partial charge >= 0.3 is 0 Å². The van der Waals surface area contributed by atoms with E-state index in [1.807, 2.05) is 26.4 Å². The number of likely N-dealkylation sites (N-methyl/N-ethyl adjacent to an activating group) is 1. The molecule has 0 radical (unpaired) electrons. The average molecular weight is 278 g/mol. The highest BCUT2D eigenvalue weighted by molar-refractivity contribution is 7.07. The monoisotopic (exact) mass is 278 g/mol. The maximum atomic E-state index is 12.0. The highest BCUT2D eigenvalue weighted by atomic mass is 32.1. The first-order valence-corrected chi connectivity index (χ1v) is 7.04. The van der Waals surface area contributed by atoms with Gasteiger partial charge in [0.05, 0.1) is 12.3 Å². The third-order valence-electron chi connectivity index (χ3n) is 3.08. The summed E-state index contributed by atoms with van der Waals surface area (Å²) in [7, 11) is 4.01. The standard InChI is InChI=1S/C14H18N2O2S/c1-10-4-6-18-13(10)14(17)15-8-12(16(2)3)11-5-7-19-9-11/h4-7,9,12H,8H2,1-3H3,(H,15,17). The predicted octanol–water partition coefficient (Wildman–Crippen LogP) is 2.68. The number of amides is 1. The summed E-state index contributed by atoms with van der Waals surface area (Å²) < 4.78 is 5.19. The van der Waals surface area contributed by atoms with Crippen LogP contribution in [0.5, 0.6) is 0 Å². The molecular formula is C14H18N2O2S. The molecule has 1 N–H and O–H groups in total.